The van der Waals surface area contributed by atoms with Crippen LogP contribution in [-0.2, 0) is 14.3 Å². The van der Waals surface area contributed by atoms with Crippen LogP contribution in [-0.4, -0.2) is 29.8 Å². The fourth-order valence-electron chi connectivity index (χ4n) is 3.05. The number of rotatable bonds is 4. The maximum atomic E-state index is 12.5. The third-order valence-corrected chi connectivity index (χ3v) is 4.99. The van der Waals surface area contributed by atoms with Gasteiger partial charge in [0.25, 0.3) is 5.91 Å². The third-order valence-electron chi connectivity index (χ3n) is 4.99. The first kappa shape index (κ1) is 21.0. The Labute approximate surface area is 162 Å². The zero-order chi connectivity index (χ0) is 20.0. The molecule has 0 radical (unpaired) electrons. The second kappa shape index (κ2) is 9.09. The molecule has 1 aromatic rings. The van der Waals surface area contributed by atoms with Gasteiger partial charge in [0, 0.05) is 12.0 Å². The molecular formula is C22H31NO4. The molecule has 0 spiro atoms. The Bertz CT molecular complexity index is 738. The molecule has 1 aliphatic heterocycles. The van der Waals surface area contributed by atoms with Gasteiger partial charge in [0.05, 0.1) is 12.3 Å². The molecular weight excluding hydrogens is 342 g/mol. The van der Waals surface area contributed by atoms with Crippen molar-refractivity contribution in [1.29, 1.82) is 0 Å². The highest BCUT2D eigenvalue weighted by atomic mass is 16.6. The summed E-state index contributed by atoms with van der Waals surface area (Å²) in [6, 6.07) is 5.40. The highest BCUT2D eigenvalue weighted by Gasteiger charge is 2.37. The standard InChI is InChI=1S/C20H25NO4.C2H6/c1-4-13(2)14-5-6-16(17(22)11-14)21-19(23)15-7-8-20(3)18(12-15)24-9-10-25-20;1-2/h5-7,11-13,22H,4,8-10H2,1-3H3,(H,21,23);1-2H3. The van der Waals surface area contributed by atoms with Gasteiger partial charge in [-0.15, -0.1) is 0 Å². The number of phenols is 1. The van der Waals surface area contributed by atoms with E-state index >= 15 is 0 Å². The average Bonchev–Trinajstić information content (AvgIpc) is 2.69. The normalized spacial score (nSPS) is 22.1. The summed E-state index contributed by atoms with van der Waals surface area (Å²) in [5.74, 6) is 0.859. The molecule has 1 amide bonds. The van der Waals surface area contributed by atoms with E-state index in [1.54, 1.807) is 18.2 Å². The number of ether oxygens (including phenoxy) is 2. The van der Waals surface area contributed by atoms with E-state index in [0.717, 1.165) is 12.0 Å². The lowest BCUT2D eigenvalue weighted by Crippen LogP contribution is -2.40. The van der Waals surface area contributed by atoms with E-state index in [9.17, 15) is 9.90 Å². The summed E-state index contributed by atoms with van der Waals surface area (Å²) in [7, 11) is 0. The largest absolute Gasteiger partial charge is 0.506 e. The van der Waals surface area contributed by atoms with Gasteiger partial charge in [0.1, 0.15) is 23.7 Å². The molecule has 1 saturated heterocycles. The van der Waals surface area contributed by atoms with E-state index in [-0.39, 0.29) is 11.7 Å². The van der Waals surface area contributed by atoms with Crippen LogP contribution in [0.4, 0.5) is 5.69 Å². The summed E-state index contributed by atoms with van der Waals surface area (Å²) < 4.78 is 11.4. The molecule has 1 aliphatic carbocycles. The van der Waals surface area contributed by atoms with Crippen LogP contribution >= 0.6 is 0 Å². The fourth-order valence-corrected chi connectivity index (χ4v) is 3.05. The highest BCUT2D eigenvalue weighted by molar-refractivity contribution is 6.06. The molecule has 1 aromatic carbocycles. The lowest BCUT2D eigenvalue weighted by Gasteiger charge is -2.37. The van der Waals surface area contributed by atoms with E-state index in [1.165, 1.54) is 0 Å². The summed E-state index contributed by atoms with van der Waals surface area (Å²) in [6.07, 6.45) is 5.15. The minimum atomic E-state index is -0.484. The van der Waals surface area contributed by atoms with Crippen LogP contribution in [0.25, 0.3) is 0 Å². The number of nitrogens with one attached hydrogen (secondary N) is 1. The highest BCUT2D eigenvalue weighted by Crippen LogP contribution is 2.35. The minimum Gasteiger partial charge on any atom is -0.506 e. The van der Waals surface area contributed by atoms with Gasteiger partial charge in [-0.3, -0.25) is 4.79 Å². The molecule has 0 aromatic heterocycles. The van der Waals surface area contributed by atoms with Crippen molar-refractivity contribution < 1.29 is 19.4 Å². The Kier molecular flexibility index (Phi) is 7.08. The molecule has 0 bridgehead atoms. The van der Waals surface area contributed by atoms with Crippen LogP contribution in [0.5, 0.6) is 5.75 Å². The summed E-state index contributed by atoms with van der Waals surface area (Å²) in [6.45, 7) is 11.2. The number of hydrogen-bond donors (Lipinski definition) is 2. The van der Waals surface area contributed by atoms with Crippen LogP contribution in [0.3, 0.4) is 0 Å². The Balaban J connectivity index is 0.00000126. The van der Waals surface area contributed by atoms with Gasteiger partial charge in [-0.05, 0) is 43.0 Å². The molecule has 2 atom stereocenters. The van der Waals surface area contributed by atoms with Crippen LogP contribution in [0.1, 0.15) is 58.9 Å². The molecule has 2 unspecified atom stereocenters. The molecule has 5 heteroatoms. The van der Waals surface area contributed by atoms with Gasteiger partial charge in [-0.2, -0.15) is 0 Å². The number of aromatic hydroxyl groups is 1. The van der Waals surface area contributed by atoms with E-state index in [0.29, 0.717) is 42.6 Å². The van der Waals surface area contributed by atoms with Gasteiger partial charge in [0.2, 0.25) is 0 Å². The van der Waals surface area contributed by atoms with Crippen LogP contribution in [0.2, 0.25) is 0 Å². The van der Waals surface area contributed by atoms with Crippen molar-refractivity contribution in [1.82, 2.24) is 0 Å². The third kappa shape index (κ3) is 4.72. The molecule has 1 fully saturated rings. The van der Waals surface area contributed by atoms with Crippen molar-refractivity contribution in [2.75, 3.05) is 18.5 Å². The number of fused-ring (bicyclic) bond motifs is 1. The summed E-state index contributed by atoms with van der Waals surface area (Å²) in [4.78, 5) is 12.5. The number of phenolic OH excluding ortho intramolecular Hbond substituents is 1. The van der Waals surface area contributed by atoms with Gasteiger partial charge in [-0.25, -0.2) is 0 Å². The number of benzene rings is 1. The maximum absolute atomic E-state index is 12.5. The van der Waals surface area contributed by atoms with E-state index in [1.807, 2.05) is 32.9 Å². The topological polar surface area (TPSA) is 67.8 Å². The Morgan fingerprint density at radius 3 is 2.74 bits per heavy atom. The maximum Gasteiger partial charge on any atom is 0.255 e. The SMILES string of the molecule is CC.CCC(C)c1ccc(NC(=O)C2=CCC3(C)OCCOC3=C2)c(O)c1. The second-order valence-corrected chi connectivity index (χ2v) is 6.84. The molecule has 2 aliphatic rings. The van der Waals surface area contributed by atoms with Gasteiger partial charge < -0.3 is 19.9 Å². The van der Waals surface area contributed by atoms with E-state index in [4.69, 9.17) is 9.47 Å². The average molecular weight is 373 g/mol. The van der Waals surface area contributed by atoms with Crippen LogP contribution in [0.15, 0.2) is 41.7 Å². The van der Waals surface area contributed by atoms with Crippen LogP contribution < -0.4 is 5.32 Å². The number of carbonyl (C=O) groups is 1. The summed E-state index contributed by atoms with van der Waals surface area (Å²) >= 11 is 0. The van der Waals surface area contributed by atoms with Crippen LogP contribution in [0, 0.1) is 0 Å². The second-order valence-electron chi connectivity index (χ2n) is 6.84. The van der Waals surface area contributed by atoms with Gasteiger partial charge in [0.15, 0.2) is 0 Å². The van der Waals surface area contributed by atoms with Crippen molar-refractivity contribution in [3.8, 4) is 5.75 Å². The van der Waals surface area contributed by atoms with Gasteiger partial charge in [-0.1, -0.05) is 39.8 Å². The fraction of sp³-hybridized carbons (Fsp3) is 0.500. The molecule has 27 heavy (non-hydrogen) atoms. The summed E-state index contributed by atoms with van der Waals surface area (Å²) in [5, 5.41) is 13.0. The monoisotopic (exact) mass is 373 g/mol. The Hall–Kier alpha value is -2.27. The van der Waals surface area contributed by atoms with Crippen molar-refractivity contribution in [2.24, 2.45) is 0 Å². The van der Waals surface area contributed by atoms with E-state index < -0.39 is 5.60 Å². The van der Waals surface area contributed by atoms with Gasteiger partial charge >= 0.3 is 0 Å². The quantitative estimate of drug-likeness (QED) is 0.738. The zero-order valence-electron chi connectivity index (χ0n) is 17.0. The van der Waals surface area contributed by atoms with E-state index in [2.05, 4.69) is 19.2 Å². The van der Waals surface area contributed by atoms with Crippen molar-refractivity contribution in [3.05, 3.63) is 47.2 Å². The first-order valence-electron chi connectivity index (χ1n) is 9.76. The molecule has 1 heterocycles. The smallest absolute Gasteiger partial charge is 0.255 e. The first-order valence-corrected chi connectivity index (χ1v) is 9.76. The molecule has 5 nitrogen and oxygen atoms in total. The number of amides is 1. The molecule has 2 N–H and O–H groups in total. The summed E-state index contributed by atoms with van der Waals surface area (Å²) in [5.41, 5.74) is 1.50. The lowest BCUT2D eigenvalue weighted by molar-refractivity contribution is -0.113. The van der Waals surface area contributed by atoms with Crippen molar-refractivity contribution in [2.45, 2.75) is 59.0 Å². The number of hydrogen-bond acceptors (Lipinski definition) is 4. The molecule has 0 saturated carbocycles. The van der Waals surface area contributed by atoms with Crippen molar-refractivity contribution >= 4 is 11.6 Å². The minimum absolute atomic E-state index is 0.0808. The lowest BCUT2D eigenvalue weighted by atomic mass is 9.90. The predicted molar refractivity (Wildman–Crippen MR) is 108 cm³/mol. The predicted octanol–water partition coefficient (Wildman–Crippen LogP) is 4.89. The first-order chi connectivity index (χ1) is 12.9. The Morgan fingerprint density at radius 2 is 2.07 bits per heavy atom. The number of anilines is 1. The Morgan fingerprint density at radius 1 is 1.33 bits per heavy atom. The number of carbonyl (C=O) groups excluding carboxylic acids is 1. The molecule has 148 valence electrons. The molecule has 3 rings (SSSR count). The zero-order valence-corrected chi connectivity index (χ0v) is 17.0. The van der Waals surface area contributed by atoms with Crippen molar-refractivity contribution in [3.63, 3.8) is 0 Å².